The molecule has 3 N–H and O–H groups in total. The van der Waals surface area contributed by atoms with E-state index in [0.29, 0.717) is 5.41 Å². The largest absolute Gasteiger partial charge is 0.310 e. The van der Waals surface area contributed by atoms with Crippen LogP contribution >= 0.6 is 0 Å². The van der Waals surface area contributed by atoms with Gasteiger partial charge >= 0.3 is 0 Å². The van der Waals surface area contributed by atoms with Crippen molar-refractivity contribution < 1.29 is 4.79 Å². The molecule has 1 amide bonds. The van der Waals surface area contributed by atoms with Gasteiger partial charge in [0.25, 0.3) is 0 Å². The second-order valence-corrected chi connectivity index (χ2v) is 5.06. The van der Waals surface area contributed by atoms with Gasteiger partial charge in [-0.05, 0) is 43.9 Å². The molecule has 0 aromatic heterocycles. The van der Waals surface area contributed by atoms with Gasteiger partial charge in [0, 0.05) is 12.8 Å². The minimum absolute atomic E-state index is 0.0450. The maximum absolute atomic E-state index is 12.0. The number of hydrogen-bond acceptors (Lipinski definition) is 4. The van der Waals surface area contributed by atoms with Gasteiger partial charge in [0.05, 0.1) is 6.04 Å². The molecule has 0 radical (unpaired) electrons. The van der Waals surface area contributed by atoms with Gasteiger partial charge in [0.15, 0.2) is 0 Å². The van der Waals surface area contributed by atoms with E-state index >= 15 is 0 Å². The molecule has 1 heterocycles. The average Bonchev–Trinajstić information content (AvgIpc) is 2.93. The number of nitrogens with zero attached hydrogens (tertiary/aromatic N) is 1. The Bertz CT molecular complexity index is 384. The molecule has 0 aromatic rings. The SMILES string of the molecule is CN1CC2(CC2)C[C@H]1C(=O)NC(=N)/C=C\C=N. The summed E-state index contributed by atoms with van der Waals surface area (Å²) in [6, 6.07) is -0.105. The van der Waals surface area contributed by atoms with Crippen molar-refractivity contribution in [2.75, 3.05) is 13.6 Å². The Morgan fingerprint density at radius 1 is 1.53 bits per heavy atom. The molecule has 2 fully saturated rings. The lowest BCUT2D eigenvalue weighted by Gasteiger charge is -2.17. The average molecular weight is 234 g/mol. The molecule has 1 saturated heterocycles. The first-order valence-electron chi connectivity index (χ1n) is 5.83. The molecule has 17 heavy (non-hydrogen) atoms. The van der Waals surface area contributed by atoms with Crippen molar-refractivity contribution >= 4 is 18.0 Å². The van der Waals surface area contributed by atoms with Crippen LogP contribution < -0.4 is 5.32 Å². The van der Waals surface area contributed by atoms with Crippen LogP contribution in [0.15, 0.2) is 12.2 Å². The van der Waals surface area contributed by atoms with Crippen molar-refractivity contribution in [2.45, 2.75) is 25.3 Å². The van der Waals surface area contributed by atoms with E-state index in [9.17, 15) is 4.79 Å². The molecule has 1 saturated carbocycles. The summed E-state index contributed by atoms with van der Waals surface area (Å²) in [7, 11) is 1.97. The Kier molecular flexibility index (Phi) is 3.11. The van der Waals surface area contributed by atoms with Gasteiger partial charge in [-0.25, -0.2) is 0 Å². The highest BCUT2D eigenvalue weighted by molar-refractivity contribution is 6.05. The normalized spacial score (nSPS) is 26.3. The second kappa shape index (κ2) is 4.41. The Morgan fingerprint density at radius 2 is 2.24 bits per heavy atom. The molecule has 1 spiro atoms. The summed E-state index contributed by atoms with van der Waals surface area (Å²) < 4.78 is 0. The first-order chi connectivity index (χ1) is 8.06. The molecule has 0 bridgehead atoms. The number of rotatable bonds is 3. The van der Waals surface area contributed by atoms with Crippen molar-refractivity contribution in [3.63, 3.8) is 0 Å². The Hall–Kier alpha value is -1.49. The lowest BCUT2D eigenvalue weighted by molar-refractivity contribution is -0.123. The molecule has 1 atom stereocenters. The van der Waals surface area contributed by atoms with Crippen LogP contribution in [0.25, 0.3) is 0 Å². The zero-order valence-corrected chi connectivity index (χ0v) is 9.99. The molecule has 5 nitrogen and oxygen atoms in total. The first-order valence-corrected chi connectivity index (χ1v) is 5.83. The third-order valence-electron chi connectivity index (χ3n) is 3.62. The third kappa shape index (κ3) is 2.61. The topological polar surface area (TPSA) is 80.0 Å². The van der Waals surface area contributed by atoms with E-state index in [1.807, 2.05) is 7.05 Å². The number of nitrogens with one attached hydrogen (secondary N) is 3. The van der Waals surface area contributed by atoms with Crippen molar-refractivity contribution in [3.8, 4) is 0 Å². The van der Waals surface area contributed by atoms with Gasteiger partial charge in [-0.3, -0.25) is 15.1 Å². The van der Waals surface area contributed by atoms with Crippen LogP contribution in [0.1, 0.15) is 19.3 Å². The molecule has 0 aromatic carbocycles. The fourth-order valence-electron chi connectivity index (χ4n) is 2.50. The number of allylic oxidation sites excluding steroid dienone is 1. The molecule has 1 aliphatic carbocycles. The van der Waals surface area contributed by atoms with Crippen LogP contribution in [-0.4, -0.2) is 42.5 Å². The third-order valence-corrected chi connectivity index (χ3v) is 3.62. The highest BCUT2D eigenvalue weighted by Gasteiger charge is 2.52. The van der Waals surface area contributed by atoms with E-state index in [1.54, 1.807) is 0 Å². The zero-order chi connectivity index (χ0) is 12.5. The number of carbonyl (C=O) groups is 1. The molecule has 1 aliphatic heterocycles. The van der Waals surface area contributed by atoms with Crippen LogP contribution in [-0.2, 0) is 4.79 Å². The molecule has 2 aliphatic rings. The number of hydrogen-bond donors (Lipinski definition) is 3. The fourth-order valence-corrected chi connectivity index (χ4v) is 2.50. The maximum atomic E-state index is 12.0. The predicted octanol–water partition coefficient (Wildman–Crippen LogP) is 0.770. The van der Waals surface area contributed by atoms with Gasteiger partial charge in [0.2, 0.25) is 5.91 Å². The highest BCUT2D eigenvalue weighted by atomic mass is 16.2. The summed E-state index contributed by atoms with van der Waals surface area (Å²) in [5.41, 5.74) is 0.393. The van der Waals surface area contributed by atoms with E-state index in [4.69, 9.17) is 10.8 Å². The maximum Gasteiger partial charge on any atom is 0.242 e. The lowest BCUT2D eigenvalue weighted by Crippen LogP contribution is -2.43. The van der Waals surface area contributed by atoms with Crippen molar-refractivity contribution in [1.29, 1.82) is 10.8 Å². The van der Waals surface area contributed by atoms with Gasteiger partial charge in [0.1, 0.15) is 5.84 Å². The predicted molar refractivity (Wildman–Crippen MR) is 66.5 cm³/mol. The highest BCUT2D eigenvalue weighted by Crippen LogP contribution is 2.54. The summed E-state index contributed by atoms with van der Waals surface area (Å²) in [5.74, 6) is -0.0560. The first kappa shape index (κ1) is 12.0. The monoisotopic (exact) mass is 234 g/mol. The van der Waals surface area contributed by atoms with E-state index < -0.39 is 0 Å². The van der Waals surface area contributed by atoms with Crippen molar-refractivity contribution in [2.24, 2.45) is 5.41 Å². The molecule has 5 heteroatoms. The Morgan fingerprint density at radius 3 is 2.76 bits per heavy atom. The molecule has 2 rings (SSSR count). The number of amidine groups is 1. The number of likely N-dealkylation sites (tertiary alicyclic amines) is 1. The summed E-state index contributed by atoms with van der Waals surface area (Å²) in [4.78, 5) is 14.0. The summed E-state index contributed by atoms with van der Waals surface area (Å²) in [6.07, 6.45) is 7.28. The second-order valence-electron chi connectivity index (χ2n) is 5.06. The molecular formula is C12H18N4O. The van der Waals surface area contributed by atoms with Crippen LogP contribution in [0, 0.1) is 16.2 Å². The Balaban J connectivity index is 1.90. The Labute approximate surface area is 101 Å². The molecule has 92 valence electrons. The fraction of sp³-hybridized carbons (Fsp3) is 0.583. The van der Waals surface area contributed by atoms with E-state index in [-0.39, 0.29) is 17.8 Å². The number of amides is 1. The van der Waals surface area contributed by atoms with Crippen LogP contribution in [0.2, 0.25) is 0 Å². The summed E-state index contributed by atoms with van der Waals surface area (Å²) in [6.45, 7) is 0.995. The van der Waals surface area contributed by atoms with Gasteiger partial charge < -0.3 is 10.7 Å². The molecular weight excluding hydrogens is 216 g/mol. The van der Waals surface area contributed by atoms with Gasteiger partial charge in [-0.1, -0.05) is 0 Å². The van der Waals surface area contributed by atoms with E-state index in [2.05, 4.69) is 10.2 Å². The van der Waals surface area contributed by atoms with E-state index in [1.165, 1.54) is 25.0 Å². The lowest BCUT2D eigenvalue weighted by atomic mass is 10.0. The smallest absolute Gasteiger partial charge is 0.242 e. The minimum Gasteiger partial charge on any atom is -0.310 e. The summed E-state index contributed by atoms with van der Waals surface area (Å²) >= 11 is 0. The van der Waals surface area contributed by atoms with Gasteiger partial charge in [-0.2, -0.15) is 0 Å². The summed E-state index contributed by atoms with van der Waals surface area (Å²) in [5, 5.41) is 16.9. The van der Waals surface area contributed by atoms with Crippen LogP contribution in [0.5, 0.6) is 0 Å². The van der Waals surface area contributed by atoms with E-state index in [0.717, 1.165) is 19.2 Å². The van der Waals surface area contributed by atoms with Crippen molar-refractivity contribution in [1.82, 2.24) is 10.2 Å². The number of likely N-dealkylation sites (N-methyl/N-ethyl adjacent to an activating group) is 1. The van der Waals surface area contributed by atoms with Gasteiger partial charge in [-0.15, -0.1) is 0 Å². The molecule has 0 unspecified atom stereocenters. The van der Waals surface area contributed by atoms with Crippen LogP contribution in [0.3, 0.4) is 0 Å². The van der Waals surface area contributed by atoms with Crippen molar-refractivity contribution in [3.05, 3.63) is 12.2 Å². The minimum atomic E-state index is -0.105. The van der Waals surface area contributed by atoms with Crippen LogP contribution in [0.4, 0.5) is 0 Å². The standard InChI is InChI=1S/C12H18N4O/c1-16-8-12(4-5-12)7-9(16)11(17)15-10(14)3-2-6-13/h2-3,6,9,13H,4-5,7-8H2,1H3,(H2,14,15,17)/b3-2-,13-6?/t9-/m0/s1. The zero-order valence-electron chi connectivity index (χ0n) is 9.99. The number of carbonyl (C=O) groups excluding carboxylic acids is 1. The quantitative estimate of drug-likeness (QED) is 0.498.